The van der Waals surface area contributed by atoms with Gasteiger partial charge in [0.05, 0.1) is 0 Å². The molecule has 0 amide bonds. The van der Waals surface area contributed by atoms with Crippen molar-refractivity contribution in [1.29, 1.82) is 0 Å². The quantitative estimate of drug-likeness (QED) is 0.474. The first kappa shape index (κ1) is 20.3. The summed E-state index contributed by atoms with van der Waals surface area (Å²) < 4.78 is 0. The molecule has 0 heteroatoms. The van der Waals surface area contributed by atoms with Gasteiger partial charge in [-0.1, -0.05) is 69.6 Å². The Morgan fingerprint density at radius 1 is 0.852 bits per heavy atom. The lowest BCUT2D eigenvalue weighted by atomic mass is 9.69. The lowest BCUT2D eigenvalue weighted by Crippen LogP contribution is -2.25. The van der Waals surface area contributed by atoms with Crippen molar-refractivity contribution in [2.75, 3.05) is 0 Å². The number of aryl methyl sites for hydroxylation is 1. The molecule has 3 rings (SSSR count). The maximum Gasteiger partial charge on any atom is 0.0249 e. The van der Waals surface area contributed by atoms with Crippen LogP contribution in [0.1, 0.15) is 89.2 Å². The van der Waals surface area contributed by atoms with E-state index in [2.05, 4.69) is 62.1 Å². The van der Waals surface area contributed by atoms with Crippen molar-refractivity contribution in [3.05, 3.63) is 47.5 Å². The Labute approximate surface area is 167 Å². The molecule has 0 spiro atoms. The Kier molecular flexibility index (Phi) is 8.07. The monoisotopic (exact) mass is 362 g/mol. The summed E-state index contributed by atoms with van der Waals surface area (Å²) in [7, 11) is 0. The number of benzene rings is 1. The zero-order valence-corrected chi connectivity index (χ0v) is 17.6. The topological polar surface area (TPSA) is 0 Å². The highest BCUT2D eigenvalue weighted by atomic mass is 14.3. The van der Waals surface area contributed by atoms with Gasteiger partial charge in [-0.2, -0.15) is 0 Å². The highest BCUT2D eigenvalue weighted by Gasteiger charge is 2.29. The maximum atomic E-state index is 3.27. The molecule has 2 aliphatic carbocycles. The Balaban J connectivity index is 1.39. The molecular weight excluding hydrogens is 324 g/mol. The smallest absolute Gasteiger partial charge is 0.0249 e. The number of allylic oxidation sites excluding steroid dienone is 2. The predicted octanol–water partition coefficient (Wildman–Crippen LogP) is 7.57. The van der Waals surface area contributed by atoms with Gasteiger partial charge in [-0.25, -0.2) is 0 Å². The summed E-state index contributed by atoms with van der Waals surface area (Å²) in [5.41, 5.74) is 2.51. The van der Waals surface area contributed by atoms with Crippen molar-refractivity contribution >= 4 is 0 Å². The molecule has 146 valence electrons. The molecule has 2 aliphatic rings. The van der Waals surface area contributed by atoms with E-state index >= 15 is 0 Å². The van der Waals surface area contributed by atoms with Crippen molar-refractivity contribution in [2.45, 2.75) is 84.5 Å². The van der Waals surface area contributed by atoms with E-state index in [0.29, 0.717) is 0 Å². The molecule has 0 N–H and O–H groups in total. The van der Waals surface area contributed by atoms with Crippen molar-refractivity contribution in [3.8, 4) is 11.8 Å². The third-order valence-electron chi connectivity index (χ3n) is 7.10. The van der Waals surface area contributed by atoms with Gasteiger partial charge in [0.25, 0.3) is 0 Å². The van der Waals surface area contributed by atoms with Crippen molar-refractivity contribution < 1.29 is 0 Å². The Hall–Kier alpha value is -1.48. The molecule has 0 radical (unpaired) electrons. The van der Waals surface area contributed by atoms with E-state index in [0.717, 1.165) is 35.7 Å². The Bertz CT molecular complexity index is 623. The van der Waals surface area contributed by atoms with Gasteiger partial charge in [-0.15, -0.1) is 0 Å². The molecule has 0 heterocycles. The molecule has 1 aromatic carbocycles. The largest absolute Gasteiger partial charge is 0.0730 e. The molecule has 0 saturated heterocycles. The van der Waals surface area contributed by atoms with Crippen LogP contribution in [0.5, 0.6) is 0 Å². The van der Waals surface area contributed by atoms with Crippen molar-refractivity contribution in [3.63, 3.8) is 0 Å². The van der Waals surface area contributed by atoms with Gasteiger partial charge in [0.1, 0.15) is 0 Å². The van der Waals surface area contributed by atoms with Crippen LogP contribution < -0.4 is 0 Å². The van der Waals surface area contributed by atoms with Crippen molar-refractivity contribution in [2.24, 2.45) is 23.7 Å². The van der Waals surface area contributed by atoms with Crippen LogP contribution in [0.3, 0.4) is 0 Å². The minimum absolute atomic E-state index is 0.759. The average molecular weight is 363 g/mol. The Morgan fingerprint density at radius 3 is 2.07 bits per heavy atom. The van der Waals surface area contributed by atoms with Gasteiger partial charge >= 0.3 is 0 Å². The van der Waals surface area contributed by atoms with Crippen LogP contribution in [0.25, 0.3) is 0 Å². The van der Waals surface area contributed by atoms with Gasteiger partial charge in [-0.3, -0.25) is 0 Å². The molecule has 2 fully saturated rings. The van der Waals surface area contributed by atoms with Crippen LogP contribution in [0, 0.1) is 35.5 Å². The second-order valence-corrected chi connectivity index (χ2v) is 8.92. The molecule has 1 aromatic rings. The second-order valence-electron chi connectivity index (χ2n) is 8.92. The first-order valence-electron chi connectivity index (χ1n) is 11.6. The summed E-state index contributed by atoms with van der Waals surface area (Å²) in [6, 6.07) is 8.65. The fourth-order valence-corrected chi connectivity index (χ4v) is 5.30. The van der Waals surface area contributed by atoms with E-state index in [-0.39, 0.29) is 0 Å². The summed E-state index contributed by atoms with van der Waals surface area (Å²) >= 11 is 0. The van der Waals surface area contributed by atoms with Crippen molar-refractivity contribution in [1.82, 2.24) is 0 Å². The van der Waals surface area contributed by atoms with Crippen LogP contribution >= 0.6 is 0 Å². The van der Waals surface area contributed by atoms with E-state index in [1.807, 2.05) is 0 Å². The van der Waals surface area contributed by atoms with Crippen LogP contribution in [-0.2, 0) is 6.42 Å². The molecule has 0 aromatic heterocycles. The zero-order chi connectivity index (χ0) is 18.9. The normalized spacial score (nSPS) is 28.7. The SMILES string of the molecule is CCC[C@H]1CC[C@H](C2CCC(/C=C/C#Cc3ccc(CC)cc3)CC2)CC1. The summed E-state index contributed by atoms with van der Waals surface area (Å²) in [6.45, 7) is 4.53. The van der Waals surface area contributed by atoms with Crippen LogP contribution in [0.2, 0.25) is 0 Å². The molecule has 27 heavy (non-hydrogen) atoms. The summed E-state index contributed by atoms with van der Waals surface area (Å²) in [6.07, 6.45) is 20.1. The van der Waals surface area contributed by atoms with Crippen LogP contribution in [0.4, 0.5) is 0 Å². The lowest BCUT2D eigenvalue weighted by molar-refractivity contribution is 0.152. The fraction of sp³-hybridized carbons (Fsp3) is 0.630. The highest BCUT2D eigenvalue weighted by Crippen LogP contribution is 2.42. The van der Waals surface area contributed by atoms with E-state index in [1.54, 1.807) is 0 Å². The first-order valence-corrected chi connectivity index (χ1v) is 11.6. The average Bonchev–Trinajstić information content (AvgIpc) is 2.73. The lowest BCUT2D eigenvalue weighted by Gasteiger charge is -2.37. The molecule has 0 bridgehead atoms. The minimum atomic E-state index is 0.759. The van der Waals surface area contributed by atoms with Gasteiger partial charge in [0, 0.05) is 5.56 Å². The second kappa shape index (κ2) is 10.8. The standard InChI is InChI=1S/C27H38/c1-3-7-23-14-18-26(19-15-23)27-20-16-25(17-21-27)9-6-5-8-24-12-10-22(4-2)11-13-24/h6,9-13,23,25-27H,3-4,7,14-21H2,1-2H3/b9-6+/t23-,25?,26-,27?. The fourth-order valence-electron chi connectivity index (χ4n) is 5.30. The molecule has 2 saturated carbocycles. The molecular formula is C27H38. The van der Waals surface area contributed by atoms with E-state index in [1.165, 1.54) is 69.8 Å². The molecule has 0 aliphatic heterocycles. The van der Waals surface area contributed by atoms with E-state index in [4.69, 9.17) is 0 Å². The number of rotatable bonds is 5. The molecule has 0 nitrogen and oxygen atoms in total. The zero-order valence-electron chi connectivity index (χ0n) is 17.6. The highest BCUT2D eigenvalue weighted by molar-refractivity contribution is 5.38. The number of hydrogen-bond donors (Lipinski definition) is 0. The number of hydrogen-bond acceptors (Lipinski definition) is 0. The van der Waals surface area contributed by atoms with E-state index in [9.17, 15) is 0 Å². The third kappa shape index (κ3) is 6.27. The Morgan fingerprint density at radius 2 is 1.48 bits per heavy atom. The predicted molar refractivity (Wildman–Crippen MR) is 118 cm³/mol. The minimum Gasteiger partial charge on any atom is -0.0730 e. The molecule has 0 unspecified atom stereocenters. The van der Waals surface area contributed by atoms with Gasteiger partial charge < -0.3 is 0 Å². The summed E-state index contributed by atoms with van der Waals surface area (Å²) in [5.74, 6) is 10.4. The van der Waals surface area contributed by atoms with Crippen LogP contribution in [-0.4, -0.2) is 0 Å². The summed E-state index contributed by atoms with van der Waals surface area (Å²) in [4.78, 5) is 0. The van der Waals surface area contributed by atoms with Gasteiger partial charge in [0.15, 0.2) is 0 Å². The maximum absolute atomic E-state index is 3.27. The summed E-state index contributed by atoms with van der Waals surface area (Å²) in [5, 5.41) is 0. The molecule has 0 atom stereocenters. The first-order chi connectivity index (χ1) is 13.3. The van der Waals surface area contributed by atoms with E-state index < -0.39 is 0 Å². The van der Waals surface area contributed by atoms with Gasteiger partial charge in [-0.05, 0) is 92.4 Å². The van der Waals surface area contributed by atoms with Gasteiger partial charge in [0.2, 0.25) is 0 Å². The third-order valence-corrected chi connectivity index (χ3v) is 7.10. The van der Waals surface area contributed by atoms with Crippen LogP contribution in [0.15, 0.2) is 36.4 Å².